The molecule has 1 aliphatic heterocycles. The third-order valence-electron chi connectivity index (χ3n) is 3.69. The summed E-state index contributed by atoms with van der Waals surface area (Å²) in [6.45, 7) is 2.21. The number of thiophene rings is 1. The number of hydrogen-bond donors (Lipinski definition) is 1. The number of carbonyl (C=O) groups is 1. The maximum absolute atomic E-state index is 12.0. The average molecular weight is 382 g/mol. The van der Waals surface area contributed by atoms with Crippen LogP contribution in [0.1, 0.15) is 29.6 Å². The quantitative estimate of drug-likeness (QED) is 0.633. The van der Waals surface area contributed by atoms with E-state index in [2.05, 4.69) is 10.3 Å². The van der Waals surface area contributed by atoms with Crippen molar-refractivity contribution >= 4 is 46.2 Å². The number of nitrogens with zero attached hydrogens (tertiary/aromatic N) is 2. The molecule has 3 heterocycles. The summed E-state index contributed by atoms with van der Waals surface area (Å²) in [6.07, 6.45) is 1.74. The molecule has 1 saturated heterocycles. The molecule has 1 fully saturated rings. The molecule has 0 saturated carbocycles. The summed E-state index contributed by atoms with van der Waals surface area (Å²) >= 11 is 13.0. The summed E-state index contributed by atoms with van der Waals surface area (Å²) < 4.78 is 5.77. The standard InChI is InChI=1S/C16H16ClN3O2S2/c1-2-22-13(21)9-20-15(11-6-7-12(17)24-11)14(19-16(20)23)10-5-3-4-8-18-10/h3-8,14-15H,2,9H2,1H3,(H,19,23). The molecule has 0 bridgehead atoms. The Bertz CT molecular complexity index is 738. The molecule has 0 aromatic carbocycles. The Morgan fingerprint density at radius 1 is 1.46 bits per heavy atom. The summed E-state index contributed by atoms with van der Waals surface area (Å²) in [4.78, 5) is 19.3. The Morgan fingerprint density at radius 2 is 2.29 bits per heavy atom. The van der Waals surface area contributed by atoms with Gasteiger partial charge in [-0.3, -0.25) is 9.78 Å². The van der Waals surface area contributed by atoms with Crippen molar-refractivity contribution in [2.24, 2.45) is 0 Å². The van der Waals surface area contributed by atoms with Gasteiger partial charge in [0.25, 0.3) is 0 Å². The summed E-state index contributed by atoms with van der Waals surface area (Å²) in [6, 6.07) is 9.24. The fourth-order valence-corrected chi connectivity index (χ4v) is 4.23. The number of carbonyl (C=O) groups excluding carboxylic acids is 1. The second kappa shape index (κ2) is 7.46. The van der Waals surface area contributed by atoms with E-state index in [1.54, 1.807) is 13.1 Å². The number of thiocarbonyl (C=S) groups is 1. The molecule has 2 atom stereocenters. The maximum Gasteiger partial charge on any atom is 0.325 e. The molecule has 126 valence electrons. The third-order valence-corrected chi connectivity index (χ3v) is 5.34. The van der Waals surface area contributed by atoms with Crippen LogP contribution in [0.25, 0.3) is 0 Å². The van der Waals surface area contributed by atoms with Gasteiger partial charge in [-0.25, -0.2) is 0 Å². The zero-order valence-corrected chi connectivity index (χ0v) is 15.3. The molecular formula is C16H16ClN3O2S2. The Hall–Kier alpha value is -1.70. The number of halogens is 1. The van der Waals surface area contributed by atoms with E-state index in [1.807, 2.05) is 35.2 Å². The van der Waals surface area contributed by atoms with Gasteiger partial charge in [0.2, 0.25) is 0 Å². The number of rotatable bonds is 5. The molecule has 2 aromatic rings. The van der Waals surface area contributed by atoms with Crippen LogP contribution in [0.3, 0.4) is 0 Å². The zero-order chi connectivity index (χ0) is 17.1. The second-order valence-corrected chi connectivity index (χ2v) is 7.33. The van der Waals surface area contributed by atoms with E-state index in [0.29, 0.717) is 16.1 Å². The lowest BCUT2D eigenvalue weighted by Gasteiger charge is -2.25. The molecule has 0 amide bonds. The van der Waals surface area contributed by atoms with Gasteiger partial charge in [0.05, 0.1) is 28.7 Å². The predicted molar refractivity (Wildman–Crippen MR) is 98.1 cm³/mol. The lowest BCUT2D eigenvalue weighted by atomic mass is 10.0. The maximum atomic E-state index is 12.0. The van der Waals surface area contributed by atoms with Gasteiger partial charge in [-0.15, -0.1) is 11.3 Å². The van der Waals surface area contributed by atoms with Gasteiger partial charge in [0.15, 0.2) is 5.11 Å². The number of ether oxygens (including phenoxy) is 1. The van der Waals surface area contributed by atoms with Crippen molar-refractivity contribution in [2.45, 2.75) is 19.0 Å². The Kier molecular flexibility index (Phi) is 5.33. The molecule has 1 aliphatic rings. The van der Waals surface area contributed by atoms with Crippen molar-refractivity contribution in [3.8, 4) is 0 Å². The van der Waals surface area contributed by atoms with Crippen molar-refractivity contribution in [3.05, 3.63) is 51.4 Å². The highest BCUT2D eigenvalue weighted by atomic mass is 35.5. The SMILES string of the molecule is CCOC(=O)CN1C(=S)NC(c2ccccn2)C1c1ccc(Cl)s1. The van der Waals surface area contributed by atoms with Crippen molar-refractivity contribution < 1.29 is 9.53 Å². The van der Waals surface area contributed by atoms with E-state index in [4.69, 9.17) is 28.6 Å². The van der Waals surface area contributed by atoms with Crippen LogP contribution in [-0.2, 0) is 9.53 Å². The number of pyridine rings is 1. The first-order valence-electron chi connectivity index (χ1n) is 7.49. The number of aromatic nitrogens is 1. The first-order chi connectivity index (χ1) is 11.6. The van der Waals surface area contributed by atoms with Crippen molar-refractivity contribution in [2.75, 3.05) is 13.2 Å². The summed E-state index contributed by atoms with van der Waals surface area (Å²) in [7, 11) is 0. The minimum absolute atomic E-state index is 0.0865. The fourth-order valence-electron chi connectivity index (χ4n) is 2.72. The molecule has 3 rings (SSSR count). The lowest BCUT2D eigenvalue weighted by Crippen LogP contribution is -2.35. The molecule has 24 heavy (non-hydrogen) atoms. The van der Waals surface area contributed by atoms with E-state index >= 15 is 0 Å². The van der Waals surface area contributed by atoms with E-state index < -0.39 is 0 Å². The molecule has 1 N–H and O–H groups in total. The molecule has 5 nitrogen and oxygen atoms in total. The normalized spacial score (nSPS) is 20.1. The summed E-state index contributed by atoms with van der Waals surface area (Å²) in [5.74, 6) is -0.309. The van der Waals surface area contributed by atoms with Crippen LogP contribution >= 0.6 is 35.2 Å². The molecule has 2 unspecified atom stereocenters. The Balaban J connectivity index is 1.95. The largest absolute Gasteiger partial charge is 0.465 e. The highest BCUT2D eigenvalue weighted by Crippen LogP contribution is 2.41. The first-order valence-corrected chi connectivity index (χ1v) is 9.09. The second-order valence-electron chi connectivity index (χ2n) is 5.20. The number of nitrogens with one attached hydrogen (secondary N) is 1. The van der Waals surface area contributed by atoms with Crippen LogP contribution < -0.4 is 5.32 Å². The van der Waals surface area contributed by atoms with Gasteiger partial charge < -0.3 is 15.0 Å². The summed E-state index contributed by atoms with van der Waals surface area (Å²) in [5, 5.41) is 3.78. The number of hydrogen-bond acceptors (Lipinski definition) is 5. The molecule has 2 aromatic heterocycles. The Labute approximate surface area is 154 Å². The smallest absolute Gasteiger partial charge is 0.325 e. The van der Waals surface area contributed by atoms with Gasteiger partial charge >= 0.3 is 5.97 Å². The van der Waals surface area contributed by atoms with E-state index in [-0.39, 0.29) is 24.6 Å². The molecule has 0 spiro atoms. The fraction of sp³-hybridized carbons (Fsp3) is 0.312. The van der Waals surface area contributed by atoms with Crippen LogP contribution in [0, 0.1) is 0 Å². The predicted octanol–water partition coefficient (Wildman–Crippen LogP) is 3.33. The van der Waals surface area contributed by atoms with E-state index in [0.717, 1.165) is 10.6 Å². The third kappa shape index (κ3) is 3.53. The highest BCUT2D eigenvalue weighted by molar-refractivity contribution is 7.80. The topological polar surface area (TPSA) is 54.5 Å². The molecule has 0 radical (unpaired) electrons. The van der Waals surface area contributed by atoms with Gasteiger partial charge in [-0.1, -0.05) is 17.7 Å². The van der Waals surface area contributed by atoms with Crippen molar-refractivity contribution in [3.63, 3.8) is 0 Å². The number of esters is 1. The minimum Gasteiger partial charge on any atom is -0.465 e. The first kappa shape index (κ1) is 17.1. The van der Waals surface area contributed by atoms with Crippen LogP contribution in [-0.4, -0.2) is 34.1 Å². The molecule has 8 heteroatoms. The van der Waals surface area contributed by atoms with E-state index in [9.17, 15) is 4.79 Å². The van der Waals surface area contributed by atoms with Crippen molar-refractivity contribution in [1.29, 1.82) is 0 Å². The van der Waals surface area contributed by atoms with Crippen molar-refractivity contribution in [1.82, 2.24) is 15.2 Å². The van der Waals surface area contributed by atoms with Crippen LogP contribution in [0.2, 0.25) is 4.34 Å². The monoisotopic (exact) mass is 381 g/mol. The highest BCUT2D eigenvalue weighted by Gasteiger charge is 2.41. The average Bonchev–Trinajstić information content (AvgIpc) is 3.13. The van der Waals surface area contributed by atoms with Gasteiger partial charge in [0.1, 0.15) is 6.54 Å². The van der Waals surface area contributed by atoms with Crippen LogP contribution in [0.5, 0.6) is 0 Å². The molecular weight excluding hydrogens is 366 g/mol. The van der Waals surface area contributed by atoms with Gasteiger partial charge in [-0.2, -0.15) is 0 Å². The molecule has 0 aliphatic carbocycles. The zero-order valence-electron chi connectivity index (χ0n) is 12.9. The van der Waals surface area contributed by atoms with Crippen LogP contribution in [0.15, 0.2) is 36.5 Å². The Morgan fingerprint density at radius 3 is 2.92 bits per heavy atom. The van der Waals surface area contributed by atoms with Gasteiger partial charge in [-0.05, 0) is 43.4 Å². The lowest BCUT2D eigenvalue weighted by molar-refractivity contribution is -0.143. The van der Waals surface area contributed by atoms with E-state index in [1.165, 1.54) is 11.3 Å². The summed E-state index contributed by atoms with van der Waals surface area (Å²) in [5.41, 5.74) is 0.862. The van der Waals surface area contributed by atoms with Crippen LogP contribution in [0.4, 0.5) is 0 Å². The van der Waals surface area contributed by atoms with Gasteiger partial charge in [0, 0.05) is 11.1 Å². The minimum atomic E-state index is -0.309.